The Hall–Kier alpha value is -6.18. The molecule has 1 heteroatoms. The van der Waals surface area contributed by atoms with E-state index in [1.54, 1.807) is 0 Å². The fourth-order valence-corrected chi connectivity index (χ4v) is 7.63. The van der Waals surface area contributed by atoms with Gasteiger partial charge in [0.25, 0.3) is 0 Å². The molecule has 0 bridgehead atoms. The molecule has 0 unspecified atom stereocenters. The molecule has 0 spiro atoms. The van der Waals surface area contributed by atoms with Gasteiger partial charge in [0, 0.05) is 16.5 Å². The number of hydrogen-bond donors (Lipinski definition) is 0. The lowest BCUT2D eigenvalue weighted by molar-refractivity contribution is 1.32. The third kappa shape index (κ3) is 4.03. The summed E-state index contributed by atoms with van der Waals surface area (Å²) in [4.78, 5) is 2.47. The van der Waals surface area contributed by atoms with E-state index in [0.717, 1.165) is 5.69 Å². The highest BCUT2D eigenvalue weighted by Crippen LogP contribution is 2.52. The van der Waals surface area contributed by atoms with Crippen molar-refractivity contribution in [2.24, 2.45) is 0 Å². The van der Waals surface area contributed by atoms with Crippen LogP contribution in [0.3, 0.4) is 0 Å². The van der Waals surface area contributed by atoms with Crippen molar-refractivity contribution in [1.82, 2.24) is 0 Å². The SMILES string of the molecule is c1ccc(-c2ccc(N(c3cccc4cc5c(cc34)-c3cc4ccccc4cc3-5)c3cc4ccccc4c4ccccc34)cc2)cc1. The maximum Gasteiger partial charge on any atom is 0.0546 e. The van der Waals surface area contributed by atoms with E-state index < -0.39 is 0 Å². The molecule has 1 aliphatic rings. The molecule has 10 rings (SSSR count). The molecule has 1 aliphatic carbocycles. The molecule has 0 amide bonds. The summed E-state index contributed by atoms with van der Waals surface area (Å²) >= 11 is 0. The molecule has 0 fully saturated rings. The first-order chi connectivity index (χ1) is 23.3. The molecule has 0 radical (unpaired) electrons. The maximum atomic E-state index is 2.47. The maximum absolute atomic E-state index is 2.47. The highest BCUT2D eigenvalue weighted by Gasteiger charge is 2.26. The van der Waals surface area contributed by atoms with Crippen LogP contribution in [0.4, 0.5) is 17.1 Å². The lowest BCUT2D eigenvalue weighted by Crippen LogP contribution is -2.11. The van der Waals surface area contributed by atoms with Gasteiger partial charge in [-0.1, -0.05) is 127 Å². The van der Waals surface area contributed by atoms with Crippen molar-refractivity contribution in [2.45, 2.75) is 0 Å². The Morgan fingerprint density at radius 2 is 0.787 bits per heavy atom. The minimum absolute atomic E-state index is 1.13. The van der Waals surface area contributed by atoms with Crippen LogP contribution in [-0.2, 0) is 0 Å². The van der Waals surface area contributed by atoms with Gasteiger partial charge >= 0.3 is 0 Å². The molecule has 9 aromatic rings. The quantitative estimate of drug-likeness (QED) is 0.183. The molecule has 0 atom stereocenters. The molecular weight excluding hydrogens is 567 g/mol. The third-order valence-corrected chi connectivity index (χ3v) is 9.92. The first-order valence-electron chi connectivity index (χ1n) is 16.3. The lowest BCUT2D eigenvalue weighted by Gasteiger charge is -2.30. The summed E-state index contributed by atoms with van der Waals surface area (Å²) in [6.07, 6.45) is 0. The van der Waals surface area contributed by atoms with Gasteiger partial charge in [0.2, 0.25) is 0 Å². The summed E-state index contributed by atoms with van der Waals surface area (Å²) in [5, 5.41) is 10.1. The third-order valence-electron chi connectivity index (χ3n) is 9.92. The predicted octanol–water partition coefficient (Wildman–Crippen LogP) is 13.1. The van der Waals surface area contributed by atoms with Crippen molar-refractivity contribution < 1.29 is 0 Å². The van der Waals surface area contributed by atoms with Crippen LogP contribution in [0.1, 0.15) is 0 Å². The van der Waals surface area contributed by atoms with E-state index in [1.807, 2.05) is 0 Å². The minimum atomic E-state index is 1.13. The fraction of sp³-hybridized carbons (Fsp3) is 0. The van der Waals surface area contributed by atoms with Crippen molar-refractivity contribution in [1.29, 1.82) is 0 Å². The van der Waals surface area contributed by atoms with Crippen molar-refractivity contribution in [3.63, 3.8) is 0 Å². The molecule has 218 valence electrons. The molecule has 47 heavy (non-hydrogen) atoms. The number of hydrogen-bond acceptors (Lipinski definition) is 1. The zero-order valence-corrected chi connectivity index (χ0v) is 25.7. The van der Waals surface area contributed by atoms with Gasteiger partial charge in [0.05, 0.1) is 11.4 Å². The smallest absolute Gasteiger partial charge is 0.0546 e. The first kappa shape index (κ1) is 26.1. The van der Waals surface area contributed by atoms with Crippen molar-refractivity contribution >= 4 is 60.2 Å². The Balaban J connectivity index is 1.23. The Bertz CT molecular complexity index is 2670. The Kier molecular flexibility index (Phi) is 5.64. The van der Waals surface area contributed by atoms with Gasteiger partial charge in [0.1, 0.15) is 0 Å². The molecule has 0 saturated heterocycles. The van der Waals surface area contributed by atoms with Crippen LogP contribution in [0.15, 0.2) is 176 Å². The highest BCUT2D eigenvalue weighted by atomic mass is 15.1. The fourth-order valence-electron chi connectivity index (χ4n) is 7.63. The lowest BCUT2D eigenvalue weighted by atomic mass is 9.78. The number of fused-ring (bicyclic) bond motifs is 9. The van der Waals surface area contributed by atoms with Crippen LogP contribution in [-0.4, -0.2) is 0 Å². The predicted molar refractivity (Wildman–Crippen MR) is 201 cm³/mol. The number of benzene rings is 9. The van der Waals surface area contributed by atoms with Crippen molar-refractivity contribution in [3.05, 3.63) is 176 Å². The second kappa shape index (κ2) is 10.2. The zero-order valence-electron chi connectivity index (χ0n) is 25.7. The van der Waals surface area contributed by atoms with Crippen molar-refractivity contribution in [2.75, 3.05) is 4.90 Å². The van der Waals surface area contributed by atoms with Crippen LogP contribution >= 0.6 is 0 Å². The summed E-state index contributed by atoms with van der Waals surface area (Å²) in [6, 6.07) is 64.5. The normalized spacial score (nSPS) is 11.8. The number of nitrogens with zero attached hydrogens (tertiary/aromatic N) is 1. The van der Waals surface area contributed by atoms with Crippen LogP contribution in [0.25, 0.3) is 76.5 Å². The van der Waals surface area contributed by atoms with Gasteiger partial charge in [-0.3, -0.25) is 0 Å². The number of rotatable bonds is 4. The topological polar surface area (TPSA) is 3.24 Å². The van der Waals surface area contributed by atoms with Gasteiger partial charge in [-0.2, -0.15) is 0 Å². The Morgan fingerprint density at radius 3 is 1.51 bits per heavy atom. The Morgan fingerprint density at radius 1 is 0.277 bits per heavy atom. The minimum Gasteiger partial charge on any atom is -0.309 e. The molecule has 0 aliphatic heterocycles. The van der Waals surface area contributed by atoms with Crippen LogP contribution in [0.5, 0.6) is 0 Å². The summed E-state index contributed by atoms with van der Waals surface area (Å²) in [6.45, 7) is 0. The van der Waals surface area contributed by atoms with Gasteiger partial charge < -0.3 is 4.90 Å². The number of anilines is 3. The van der Waals surface area contributed by atoms with Crippen molar-refractivity contribution in [3.8, 4) is 33.4 Å². The molecule has 0 N–H and O–H groups in total. The van der Waals surface area contributed by atoms with E-state index in [1.165, 1.54) is 87.8 Å². The summed E-state index contributed by atoms with van der Waals surface area (Å²) in [5.41, 5.74) is 11.3. The van der Waals surface area contributed by atoms with Gasteiger partial charge in [0.15, 0.2) is 0 Å². The highest BCUT2D eigenvalue weighted by molar-refractivity contribution is 6.17. The molecule has 0 aromatic heterocycles. The van der Waals surface area contributed by atoms with Gasteiger partial charge in [-0.25, -0.2) is 0 Å². The largest absolute Gasteiger partial charge is 0.309 e. The zero-order chi connectivity index (χ0) is 30.9. The van der Waals surface area contributed by atoms with E-state index in [2.05, 4.69) is 181 Å². The molecule has 9 aromatic carbocycles. The molecular formula is C46H29N. The van der Waals surface area contributed by atoms with Gasteiger partial charge in [-0.05, 0) is 114 Å². The second-order valence-corrected chi connectivity index (χ2v) is 12.6. The summed E-state index contributed by atoms with van der Waals surface area (Å²) < 4.78 is 0. The Labute approximate surface area is 273 Å². The monoisotopic (exact) mass is 595 g/mol. The van der Waals surface area contributed by atoms with E-state index in [4.69, 9.17) is 0 Å². The average Bonchev–Trinajstić information content (AvgIpc) is 3.14. The van der Waals surface area contributed by atoms with E-state index in [-0.39, 0.29) is 0 Å². The summed E-state index contributed by atoms with van der Waals surface area (Å²) in [7, 11) is 0. The standard InChI is InChI=1S/C46H29N/c1-2-11-30(12-3-1)31-21-23-36(24-22-31)47(46-28-35-15-6-7-17-37(35)38-18-8-9-19-39(38)46)45-20-10-16-34-27-43-41-25-32-13-4-5-14-33(32)26-42(41)44(43)29-40(34)45/h1-29H. The van der Waals surface area contributed by atoms with E-state index in [0.29, 0.717) is 0 Å². The van der Waals surface area contributed by atoms with E-state index in [9.17, 15) is 0 Å². The second-order valence-electron chi connectivity index (χ2n) is 12.6. The molecule has 0 heterocycles. The summed E-state index contributed by atoms with van der Waals surface area (Å²) in [5.74, 6) is 0. The van der Waals surface area contributed by atoms with Gasteiger partial charge in [-0.15, -0.1) is 0 Å². The van der Waals surface area contributed by atoms with Crippen LogP contribution in [0.2, 0.25) is 0 Å². The molecule has 1 nitrogen and oxygen atoms in total. The molecule has 0 saturated carbocycles. The first-order valence-corrected chi connectivity index (χ1v) is 16.3. The average molecular weight is 596 g/mol. The van der Waals surface area contributed by atoms with Crippen LogP contribution < -0.4 is 4.90 Å². The van der Waals surface area contributed by atoms with E-state index >= 15 is 0 Å². The van der Waals surface area contributed by atoms with Crippen LogP contribution in [0, 0.1) is 0 Å².